The van der Waals surface area contributed by atoms with Gasteiger partial charge in [-0.1, -0.05) is 29.8 Å². The number of benzene rings is 1. The fourth-order valence-corrected chi connectivity index (χ4v) is 4.60. The van der Waals surface area contributed by atoms with E-state index < -0.39 is 0 Å². The molecule has 1 saturated heterocycles. The van der Waals surface area contributed by atoms with E-state index in [1.807, 2.05) is 38.1 Å². The molecular weight excluding hydrogens is 440 g/mol. The Labute approximate surface area is 198 Å². The predicted molar refractivity (Wildman–Crippen MR) is 131 cm³/mol. The van der Waals surface area contributed by atoms with Crippen LogP contribution in [-0.4, -0.2) is 76.4 Å². The average Bonchev–Trinajstić information content (AvgIpc) is 3.03. The number of likely N-dealkylation sites (N-methyl/N-ethyl adjacent to an activating group) is 1. The molecule has 0 spiro atoms. The van der Waals surface area contributed by atoms with Crippen LogP contribution in [0.5, 0.6) is 0 Å². The summed E-state index contributed by atoms with van der Waals surface area (Å²) in [6.07, 6.45) is 1.68. The third-order valence-corrected chi connectivity index (χ3v) is 6.90. The van der Waals surface area contributed by atoms with Crippen molar-refractivity contribution in [3.05, 3.63) is 62.8 Å². The maximum absolute atomic E-state index is 13.2. The summed E-state index contributed by atoms with van der Waals surface area (Å²) in [5.74, 6) is -0.206. The van der Waals surface area contributed by atoms with Gasteiger partial charge in [-0.3, -0.25) is 14.5 Å². The van der Waals surface area contributed by atoms with Crippen LogP contribution < -0.4 is 10.9 Å². The molecule has 4 rings (SSSR count). The lowest BCUT2D eigenvalue weighted by atomic mass is 10.2. The summed E-state index contributed by atoms with van der Waals surface area (Å²) < 4.78 is 3.33. The van der Waals surface area contributed by atoms with E-state index in [4.69, 9.17) is 11.6 Å². The van der Waals surface area contributed by atoms with Crippen molar-refractivity contribution in [2.24, 2.45) is 0 Å². The second kappa shape index (κ2) is 10.1. The molecule has 1 fully saturated rings. The van der Waals surface area contributed by atoms with Gasteiger partial charge in [0.1, 0.15) is 6.54 Å². The lowest BCUT2D eigenvalue weighted by Gasteiger charge is -2.32. The van der Waals surface area contributed by atoms with Gasteiger partial charge in [0, 0.05) is 67.6 Å². The number of piperazine rings is 1. The number of amides is 1. The molecule has 0 saturated carbocycles. The molecule has 1 aliphatic rings. The zero-order chi connectivity index (χ0) is 23.5. The summed E-state index contributed by atoms with van der Waals surface area (Å²) in [6, 6.07) is 7.69. The van der Waals surface area contributed by atoms with E-state index in [1.165, 1.54) is 4.68 Å². The summed E-state index contributed by atoms with van der Waals surface area (Å²) in [5, 5.41) is 9.29. The SMILES string of the molecule is Cc1c2cnn(CC(=O)NCCN3CCN(C)CC3)c(=O)c2c(C)n1Cc1ccccc1Cl. The number of carbonyl (C=O) groups excluding carboxylic acids is 1. The Bertz CT molecular complexity index is 1210. The molecule has 8 nitrogen and oxygen atoms in total. The first kappa shape index (κ1) is 23.5. The van der Waals surface area contributed by atoms with Crippen molar-refractivity contribution in [3.63, 3.8) is 0 Å². The minimum atomic E-state index is -0.250. The molecular formula is C24H31ClN6O2. The van der Waals surface area contributed by atoms with Crippen LogP contribution in [0.4, 0.5) is 0 Å². The molecule has 0 bridgehead atoms. The van der Waals surface area contributed by atoms with E-state index in [2.05, 4.69) is 31.8 Å². The minimum absolute atomic E-state index is 0.0916. The van der Waals surface area contributed by atoms with Crippen molar-refractivity contribution >= 4 is 28.3 Å². The molecule has 1 aliphatic heterocycles. The van der Waals surface area contributed by atoms with Gasteiger partial charge in [-0.25, -0.2) is 4.68 Å². The van der Waals surface area contributed by atoms with Crippen molar-refractivity contribution in [2.75, 3.05) is 46.3 Å². The summed E-state index contributed by atoms with van der Waals surface area (Å²) >= 11 is 6.35. The number of rotatable bonds is 7. The van der Waals surface area contributed by atoms with Gasteiger partial charge < -0.3 is 14.8 Å². The van der Waals surface area contributed by atoms with Crippen molar-refractivity contribution in [2.45, 2.75) is 26.9 Å². The van der Waals surface area contributed by atoms with Gasteiger partial charge in [-0.05, 0) is 32.5 Å². The highest BCUT2D eigenvalue weighted by Gasteiger charge is 2.18. The Hall–Kier alpha value is -2.68. The monoisotopic (exact) mass is 470 g/mol. The molecule has 1 N–H and O–H groups in total. The van der Waals surface area contributed by atoms with Crippen molar-refractivity contribution in [1.82, 2.24) is 29.5 Å². The molecule has 33 heavy (non-hydrogen) atoms. The second-order valence-corrected chi connectivity index (χ2v) is 9.15. The van der Waals surface area contributed by atoms with Crippen LogP contribution in [0.1, 0.15) is 17.0 Å². The molecule has 3 aromatic rings. The molecule has 0 atom stereocenters. The fourth-order valence-electron chi connectivity index (χ4n) is 4.41. The first-order chi connectivity index (χ1) is 15.8. The number of hydrogen-bond donors (Lipinski definition) is 1. The summed E-state index contributed by atoms with van der Waals surface area (Å²) in [5.41, 5.74) is 2.54. The highest BCUT2D eigenvalue weighted by Crippen LogP contribution is 2.25. The Balaban J connectivity index is 1.46. The van der Waals surface area contributed by atoms with E-state index >= 15 is 0 Å². The number of aromatic nitrogens is 3. The number of nitrogens with zero attached hydrogens (tertiary/aromatic N) is 5. The van der Waals surface area contributed by atoms with Crippen molar-refractivity contribution in [3.8, 4) is 0 Å². The van der Waals surface area contributed by atoms with Crippen LogP contribution >= 0.6 is 11.6 Å². The van der Waals surface area contributed by atoms with E-state index in [1.54, 1.807) is 6.20 Å². The third-order valence-electron chi connectivity index (χ3n) is 6.53. The smallest absolute Gasteiger partial charge is 0.276 e. The lowest BCUT2D eigenvalue weighted by Crippen LogP contribution is -2.47. The van der Waals surface area contributed by atoms with Gasteiger partial charge in [0.05, 0.1) is 11.6 Å². The van der Waals surface area contributed by atoms with Crippen LogP contribution in [0.25, 0.3) is 10.8 Å². The Morgan fingerprint density at radius 3 is 2.58 bits per heavy atom. The predicted octanol–water partition coefficient (Wildman–Crippen LogP) is 1.88. The Kier molecular flexibility index (Phi) is 7.17. The summed E-state index contributed by atoms with van der Waals surface area (Å²) in [7, 11) is 2.12. The third kappa shape index (κ3) is 5.13. The Morgan fingerprint density at radius 2 is 1.85 bits per heavy atom. The maximum atomic E-state index is 13.2. The minimum Gasteiger partial charge on any atom is -0.353 e. The van der Waals surface area contributed by atoms with Gasteiger partial charge in [0.2, 0.25) is 5.91 Å². The standard InChI is InChI=1S/C24H31ClN6O2/c1-17-20-14-27-31(16-22(32)26-8-9-29-12-10-28(3)11-13-29)24(33)23(20)18(2)30(17)15-19-6-4-5-7-21(19)25/h4-7,14H,8-13,15-16H2,1-3H3,(H,26,32). The number of fused-ring (bicyclic) bond motifs is 1. The summed E-state index contributed by atoms with van der Waals surface area (Å²) in [6.45, 7) is 9.85. The average molecular weight is 471 g/mol. The zero-order valence-corrected chi connectivity index (χ0v) is 20.2. The number of carbonyl (C=O) groups is 1. The largest absolute Gasteiger partial charge is 0.353 e. The number of aryl methyl sites for hydroxylation is 2. The van der Waals surface area contributed by atoms with Gasteiger partial charge in [0.25, 0.3) is 5.56 Å². The van der Waals surface area contributed by atoms with E-state index in [-0.39, 0.29) is 18.0 Å². The second-order valence-electron chi connectivity index (χ2n) is 8.74. The lowest BCUT2D eigenvalue weighted by molar-refractivity contribution is -0.122. The van der Waals surface area contributed by atoms with E-state index in [0.29, 0.717) is 23.5 Å². The van der Waals surface area contributed by atoms with Crippen molar-refractivity contribution < 1.29 is 4.79 Å². The van der Waals surface area contributed by atoms with Crippen LogP contribution in [0.2, 0.25) is 5.02 Å². The fraction of sp³-hybridized carbons (Fsp3) is 0.458. The maximum Gasteiger partial charge on any atom is 0.276 e. The normalized spacial score (nSPS) is 15.3. The van der Waals surface area contributed by atoms with Crippen molar-refractivity contribution in [1.29, 1.82) is 0 Å². The number of halogens is 1. The van der Waals surface area contributed by atoms with Crippen LogP contribution in [0, 0.1) is 13.8 Å². The van der Waals surface area contributed by atoms with Crippen LogP contribution in [0.3, 0.4) is 0 Å². The molecule has 2 aromatic heterocycles. The molecule has 0 unspecified atom stereocenters. The topological polar surface area (TPSA) is 75.4 Å². The molecule has 9 heteroatoms. The Morgan fingerprint density at radius 1 is 1.12 bits per heavy atom. The molecule has 1 amide bonds. The molecule has 0 aliphatic carbocycles. The highest BCUT2D eigenvalue weighted by atomic mass is 35.5. The highest BCUT2D eigenvalue weighted by molar-refractivity contribution is 6.31. The molecule has 1 aromatic carbocycles. The molecule has 3 heterocycles. The van der Waals surface area contributed by atoms with Crippen LogP contribution in [-0.2, 0) is 17.9 Å². The first-order valence-corrected chi connectivity index (χ1v) is 11.7. The molecule has 176 valence electrons. The zero-order valence-electron chi connectivity index (χ0n) is 19.5. The van der Waals surface area contributed by atoms with Gasteiger partial charge in [-0.15, -0.1) is 0 Å². The summed E-state index contributed by atoms with van der Waals surface area (Å²) in [4.78, 5) is 30.3. The van der Waals surface area contributed by atoms with Crippen LogP contribution in [0.15, 0.2) is 35.3 Å². The van der Waals surface area contributed by atoms with E-state index in [9.17, 15) is 9.59 Å². The quantitative estimate of drug-likeness (QED) is 0.570. The van der Waals surface area contributed by atoms with E-state index in [0.717, 1.165) is 55.1 Å². The first-order valence-electron chi connectivity index (χ1n) is 11.3. The number of nitrogens with one attached hydrogen (secondary N) is 1. The van der Waals surface area contributed by atoms with Gasteiger partial charge >= 0.3 is 0 Å². The van der Waals surface area contributed by atoms with Gasteiger partial charge in [-0.2, -0.15) is 5.10 Å². The van der Waals surface area contributed by atoms with Gasteiger partial charge in [0.15, 0.2) is 0 Å². The number of hydrogen-bond acceptors (Lipinski definition) is 5. The molecule has 0 radical (unpaired) electrons.